The van der Waals surface area contributed by atoms with Crippen molar-refractivity contribution in [2.75, 3.05) is 36.5 Å². The van der Waals surface area contributed by atoms with Gasteiger partial charge in [-0.1, -0.05) is 0 Å². The van der Waals surface area contributed by atoms with Gasteiger partial charge in [-0.2, -0.15) is 0 Å². The van der Waals surface area contributed by atoms with E-state index in [1.54, 1.807) is 18.5 Å². The van der Waals surface area contributed by atoms with Crippen LogP contribution in [0.2, 0.25) is 0 Å². The minimum Gasteiger partial charge on any atom is -0.378 e. The van der Waals surface area contributed by atoms with Crippen molar-refractivity contribution in [3.8, 4) is 11.1 Å². The second-order valence-electron chi connectivity index (χ2n) is 10.2. The molecule has 1 aliphatic heterocycles. The Labute approximate surface area is 209 Å². The Bertz CT molecular complexity index is 1440. The van der Waals surface area contributed by atoms with Crippen LogP contribution in [0.1, 0.15) is 42.6 Å². The average Bonchev–Trinajstić information content (AvgIpc) is 3.47. The summed E-state index contributed by atoms with van der Waals surface area (Å²) in [5.74, 6) is -0.218. The number of hydrogen-bond acceptors (Lipinski definition) is 5. The molecule has 0 unspecified atom stereocenters. The minimum atomic E-state index is -0.492. The second kappa shape index (κ2) is 9.05. The van der Waals surface area contributed by atoms with Crippen LogP contribution in [0.4, 0.5) is 15.8 Å². The van der Waals surface area contributed by atoms with E-state index in [1.165, 1.54) is 6.07 Å². The van der Waals surface area contributed by atoms with Gasteiger partial charge < -0.3 is 23.9 Å². The predicted molar refractivity (Wildman–Crippen MR) is 138 cm³/mol. The molecule has 5 rings (SSSR count). The van der Waals surface area contributed by atoms with Crippen LogP contribution in [0.15, 0.2) is 43.0 Å². The molecule has 1 fully saturated rings. The minimum absolute atomic E-state index is 0.113. The van der Waals surface area contributed by atoms with Gasteiger partial charge in [0.15, 0.2) is 5.65 Å². The van der Waals surface area contributed by atoms with Gasteiger partial charge in [-0.15, -0.1) is 0 Å². The first-order valence-electron chi connectivity index (χ1n) is 12.1. The van der Waals surface area contributed by atoms with Gasteiger partial charge in [-0.3, -0.25) is 4.79 Å². The molecule has 1 aliphatic rings. The maximum Gasteiger partial charge on any atom is 0.275 e. The lowest BCUT2D eigenvalue weighted by molar-refractivity contribution is 0.102. The third-order valence-corrected chi connectivity index (χ3v) is 6.53. The van der Waals surface area contributed by atoms with Gasteiger partial charge >= 0.3 is 0 Å². The molecule has 3 aromatic heterocycles. The standard InChI is InChI=1S/C27H31FN6O2/c1-17-12-21(28)22(31-26(35)23-16-34(18(2)30-23)27(3,4)5)14-20(17)19-13-24(32-8-10-36-11-9-32)25-29-6-7-33(25)15-19/h6-7,12-16H,8-11H2,1-5H3,(H,31,35). The van der Waals surface area contributed by atoms with Gasteiger partial charge in [0.1, 0.15) is 17.3 Å². The lowest BCUT2D eigenvalue weighted by Gasteiger charge is -2.29. The molecular formula is C27H31FN6O2. The Morgan fingerprint density at radius 1 is 1.11 bits per heavy atom. The van der Waals surface area contributed by atoms with Crippen molar-refractivity contribution in [2.45, 2.75) is 40.2 Å². The van der Waals surface area contributed by atoms with Crippen molar-refractivity contribution in [3.05, 3.63) is 65.9 Å². The summed E-state index contributed by atoms with van der Waals surface area (Å²) in [4.78, 5) is 24.2. The molecule has 4 aromatic rings. The SMILES string of the molecule is Cc1cc(F)c(NC(=O)c2cn(C(C)(C)C)c(C)n2)cc1-c1cc(N2CCOCC2)c2nccn2c1. The van der Waals surface area contributed by atoms with Gasteiger partial charge in [0.05, 0.1) is 24.6 Å². The van der Waals surface area contributed by atoms with E-state index in [-0.39, 0.29) is 16.9 Å². The van der Waals surface area contributed by atoms with E-state index in [0.717, 1.165) is 46.9 Å². The number of aromatic nitrogens is 4. The van der Waals surface area contributed by atoms with E-state index in [9.17, 15) is 9.18 Å². The van der Waals surface area contributed by atoms with E-state index in [1.807, 2.05) is 56.0 Å². The van der Waals surface area contributed by atoms with Crippen LogP contribution in [0.3, 0.4) is 0 Å². The first-order chi connectivity index (χ1) is 17.1. The second-order valence-corrected chi connectivity index (χ2v) is 10.2. The fourth-order valence-electron chi connectivity index (χ4n) is 4.73. The van der Waals surface area contributed by atoms with E-state index in [0.29, 0.717) is 13.2 Å². The van der Waals surface area contributed by atoms with Crippen molar-refractivity contribution in [1.82, 2.24) is 18.9 Å². The summed E-state index contributed by atoms with van der Waals surface area (Å²) in [6.45, 7) is 12.7. The Morgan fingerprint density at radius 3 is 2.56 bits per heavy atom. The number of imidazole rings is 2. The van der Waals surface area contributed by atoms with Crippen LogP contribution in [0.5, 0.6) is 0 Å². The molecule has 36 heavy (non-hydrogen) atoms. The van der Waals surface area contributed by atoms with Crippen molar-refractivity contribution in [2.24, 2.45) is 0 Å². The van der Waals surface area contributed by atoms with E-state index < -0.39 is 11.7 Å². The van der Waals surface area contributed by atoms with Gasteiger partial charge in [-0.05, 0) is 63.9 Å². The maximum absolute atomic E-state index is 15.0. The number of fused-ring (bicyclic) bond motifs is 1. The Kier molecular flexibility index (Phi) is 6.04. The van der Waals surface area contributed by atoms with E-state index in [2.05, 4.69) is 26.3 Å². The highest BCUT2D eigenvalue weighted by Gasteiger charge is 2.22. The van der Waals surface area contributed by atoms with Gasteiger partial charge in [0, 0.05) is 49.0 Å². The molecule has 1 N–H and O–H groups in total. The summed E-state index contributed by atoms with van der Waals surface area (Å²) in [6.07, 6.45) is 7.36. The normalized spacial score (nSPS) is 14.4. The molecule has 8 nitrogen and oxygen atoms in total. The summed E-state index contributed by atoms with van der Waals surface area (Å²) in [6, 6.07) is 5.22. The van der Waals surface area contributed by atoms with Crippen LogP contribution < -0.4 is 10.2 Å². The molecule has 0 atom stereocenters. The number of hydrogen-bond donors (Lipinski definition) is 1. The summed E-state index contributed by atoms with van der Waals surface area (Å²) in [5, 5.41) is 2.73. The number of aryl methyl sites for hydroxylation is 2. The zero-order valence-corrected chi connectivity index (χ0v) is 21.3. The van der Waals surface area contributed by atoms with Crippen LogP contribution in [-0.2, 0) is 10.3 Å². The smallest absolute Gasteiger partial charge is 0.275 e. The fraction of sp³-hybridized carbons (Fsp3) is 0.370. The Morgan fingerprint density at radius 2 is 1.86 bits per heavy atom. The number of carbonyl (C=O) groups excluding carboxylic acids is 1. The molecule has 1 saturated heterocycles. The topological polar surface area (TPSA) is 76.7 Å². The van der Waals surface area contributed by atoms with Crippen molar-refractivity contribution >= 4 is 22.9 Å². The lowest BCUT2D eigenvalue weighted by atomic mass is 10.00. The number of halogens is 1. The fourth-order valence-corrected chi connectivity index (χ4v) is 4.73. The number of carbonyl (C=O) groups is 1. The zero-order chi connectivity index (χ0) is 25.6. The van der Waals surface area contributed by atoms with Crippen molar-refractivity contribution in [3.63, 3.8) is 0 Å². The first kappa shape index (κ1) is 24.0. The zero-order valence-electron chi connectivity index (χ0n) is 21.3. The molecular weight excluding hydrogens is 459 g/mol. The van der Waals surface area contributed by atoms with Crippen molar-refractivity contribution < 1.29 is 13.9 Å². The maximum atomic E-state index is 15.0. The highest BCUT2D eigenvalue weighted by molar-refractivity contribution is 6.03. The summed E-state index contributed by atoms with van der Waals surface area (Å²) >= 11 is 0. The highest BCUT2D eigenvalue weighted by atomic mass is 19.1. The first-order valence-corrected chi connectivity index (χ1v) is 12.1. The number of morpholine rings is 1. The van der Waals surface area contributed by atoms with Crippen LogP contribution in [0, 0.1) is 19.7 Å². The van der Waals surface area contributed by atoms with Gasteiger partial charge in [0.25, 0.3) is 5.91 Å². The molecule has 4 heterocycles. The van der Waals surface area contributed by atoms with Crippen LogP contribution in [0.25, 0.3) is 16.8 Å². The molecule has 188 valence electrons. The number of nitrogens with zero attached hydrogens (tertiary/aromatic N) is 5. The number of ether oxygens (including phenoxy) is 1. The molecule has 0 spiro atoms. The highest BCUT2D eigenvalue weighted by Crippen LogP contribution is 2.33. The molecule has 0 radical (unpaired) electrons. The summed E-state index contributed by atoms with van der Waals surface area (Å²) in [7, 11) is 0. The molecule has 0 aliphatic carbocycles. The van der Waals surface area contributed by atoms with E-state index >= 15 is 0 Å². The molecule has 0 bridgehead atoms. The van der Waals surface area contributed by atoms with Crippen LogP contribution >= 0.6 is 0 Å². The van der Waals surface area contributed by atoms with Crippen molar-refractivity contribution in [1.29, 1.82) is 0 Å². The third kappa shape index (κ3) is 4.46. The molecule has 1 amide bonds. The lowest BCUT2D eigenvalue weighted by Crippen LogP contribution is -2.36. The quantitative estimate of drug-likeness (QED) is 0.445. The monoisotopic (exact) mass is 490 g/mol. The molecule has 0 saturated carbocycles. The summed E-state index contributed by atoms with van der Waals surface area (Å²) < 4.78 is 24.4. The number of rotatable bonds is 4. The molecule has 1 aromatic carbocycles. The largest absolute Gasteiger partial charge is 0.378 e. The average molecular weight is 491 g/mol. The predicted octanol–water partition coefficient (Wildman–Crippen LogP) is 4.80. The molecule has 9 heteroatoms. The van der Waals surface area contributed by atoms with Gasteiger partial charge in [0.2, 0.25) is 0 Å². The number of anilines is 2. The Hall–Kier alpha value is -3.72. The number of benzene rings is 1. The third-order valence-electron chi connectivity index (χ3n) is 6.53. The van der Waals surface area contributed by atoms with E-state index in [4.69, 9.17) is 4.74 Å². The van der Waals surface area contributed by atoms with Gasteiger partial charge in [-0.25, -0.2) is 14.4 Å². The Balaban J connectivity index is 1.51. The number of amides is 1. The number of nitrogens with one attached hydrogen (secondary N) is 1. The number of pyridine rings is 1. The van der Waals surface area contributed by atoms with Crippen LogP contribution in [-0.4, -0.2) is 51.1 Å². The summed E-state index contributed by atoms with van der Waals surface area (Å²) in [5.41, 5.74) is 4.50.